The van der Waals surface area contributed by atoms with E-state index in [-0.39, 0.29) is 5.56 Å². The van der Waals surface area contributed by atoms with Crippen molar-refractivity contribution in [1.29, 1.82) is 0 Å². The van der Waals surface area contributed by atoms with Gasteiger partial charge in [0.25, 0.3) is 0 Å². The Morgan fingerprint density at radius 2 is 2.22 bits per heavy atom. The lowest BCUT2D eigenvalue weighted by Crippen LogP contribution is -2.00. The molecule has 0 aliphatic rings. The molecule has 0 radical (unpaired) electrons. The molecule has 0 aliphatic heterocycles. The third-order valence-electron chi connectivity index (χ3n) is 2.67. The number of nitrogens with one attached hydrogen (secondary N) is 1. The number of aryl methyl sites for hydroxylation is 1. The first-order valence-electron chi connectivity index (χ1n) is 5.26. The molecule has 0 bridgehead atoms. The van der Waals surface area contributed by atoms with Gasteiger partial charge in [0.1, 0.15) is 17.0 Å². The fourth-order valence-corrected chi connectivity index (χ4v) is 1.76. The van der Waals surface area contributed by atoms with Gasteiger partial charge < -0.3 is 15.6 Å². The van der Waals surface area contributed by atoms with Crippen LogP contribution in [-0.4, -0.2) is 28.4 Å². The zero-order valence-corrected chi connectivity index (χ0v) is 10.0. The van der Waals surface area contributed by atoms with Crippen molar-refractivity contribution in [1.82, 2.24) is 10.2 Å². The van der Waals surface area contributed by atoms with E-state index in [1.165, 1.54) is 7.11 Å². The number of carboxylic acids is 1. The Kier molecular flexibility index (Phi) is 2.93. The molecule has 0 amide bonds. The minimum absolute atomic E-state index is 0.154. The second-order valence-corrected chi connectivity index (χ2v) is 3.83. The number of carboxylic acid groups (broad SMARTS) is 1. The van der Waals surface area contributed by atoms with Crippen molar-refractivity contribution in [3.63, 3.8) is 0 Å². The number of nitrogens with two attached hydrogens (primary N) is 1. The van der Waals surface area contributed by atoms with Crippen molar-refractivity contribution in [3.8, 4) is 17.0 Å². The summed E-state index contributed by atoms with van der Waals surface area (Å²) in [6.45, 7) is 1.66. The highest BCUT2D eigenvalue weighted by Crippen LogP contribution is 2.30. The summed E-state index contributed by atoms with van der Waals surface area (Å²) in [6, 6.07) is 5.03. The van der Waals surface area contributed by atoms with Crippen molar-refractivity contribution in [3.05, 3.63) is 29.5 Å². The van der Waals surface area contributed by atoms with E-state index in [0.29, 0.717) is 28.4 Å². The molecule has 0 unspecified atom stereocenters. The molecular formula is C12H13N3O3. The normalized spacial score (nSPS) is 10.3. The van der Waals surface area contributed by atoms with Gasteiger partial charge in [-0.3, -0.25) is 5.10 Å². The molecule has 0 spiro atoms. The largest absolute Gasteiger partial charge is 0.495 e. The molecule has 1 heterocycles. The van der Waals surface area contributed by atoms with Gasteiger partial charge in [0, 0.05) is 11.3 Å². The molecule has 2 rings (SSSR count). The van der Waals surface area contributed by atoms with E-state index in [4.69, 9.17) is 15.6 Å². The summed E-state index contributed by atoms with van der Waals surface area (Å²) in [4.78, 5) is 11.2. The summed E-state index contributed by atoms with van der Waals surface area (Å²) in [5.74, 6) is -0.531. The molecule has 0 fully saturated rings. The van der Waals surface area contributed by atoms with Crippen molar-refractivity contribution in [2.45, 2.75) is 6.92 Å². The fourth-order valence-electron chi connectivity index (χ4n) is 1.76. The Morgan fingerprint density at radius 1 is 1.50 bits per heavy atom. The first-order valence-corrected chi connectivity index (χ1v) is 5.26. The number of rotatable bonds is 3. The van der Waals surface area contributed by atoms with Gasteiger partial charge in [0.2, 0.25) is 0 Å². The Morgan fingerprint density at radius 3 is 2.83 bits per heavy atom. The number of H-pyrrole nitrogens is 1. The summed E-state index contributed by atoms with van der Waals surface area (Å²) in [5.41, 5.74) is 7.88. The number of nitrogen functional groups attached to an aromatic ring is 1. The number of anilines is 1. The average Bonchev–Trinajstić information content (AvgIpc) is 2.72. The van der Waals surface area contributed by atoms with Gasteiger partial charge in [-0.1, -0.05) is 6.07 Å². The van der Waals surface area contributed by atoms with Crippen LogP contribution in [0.3, 0.4) is 0 Å². The van der Waals surface area contributed by atoms with Gasteiger partial charge in [-0.15, -0.1) is 0 Å². The average molecular weight is 247 g/mol. The first-order chi connectivity index (χ1) is 8.54. The lowest BCUT2D eigenvalue weighted by molar-refractivity contribution is 0.0697. The molecule has 18 heavy (non-hydrogen) atoms. The van der Waals surface area contributed by atoms with Crippen LogP contribution in [0.5, 0.6) is 5.75 Å². The maximum Gasteiger partial charge on any atom is 0.339 e. The summed E-state index contributed by atoms with van der Waals surface area (Å²) in [5, 5.41) is 15.8. The van der Waals surface area contributed by atoms with Crippen LogP contribution in [0.15, 0.2) is 18.2 Å². The predicted molar refractivity (Wildman–Crippen MR) is 66.7 cm³/mol. The maximum atomic E-state index is 11.2. The summed E-state index contributed by atoms with van der Waals surface area (Å²) in [7, 11) is 1.50. The molecule has 6 heteroatoms. The Labute approximate surface area is 103 Å². The number of hydrogen-bond donors (Lipinski definition) is 3. The van der Waals surface area contributed by atoms with E-state index < -0.39 is 5.97 Å². The molecule has 1 aromatic heterocycles. The molecule has 2 aromatic rings. The minimum atomic E-state index is -1.02. The molecule has 0 saturated carbocycles. The van der Waals surface area contributed by atoms with Crippen LogP contribution < -0.4 is 10.5 Å². The number of ether oxygens (including phenoxy) is 1. The van der Waals surface area contributed by atoms with E-state index in [1.807, 2.05) is 0 Å². The predicted octanol–water partition coefficient (Wildman–Crippen LogP) is 1.67. The standard InChI is InChI=1S/C12H13N3O3/c1-6-10(12(16)17)11(15-14-6)7-3-4-8(13)9(5-7)18-2/h3-5H,13H2,1-2H3,(H,14,15)(H,16,17). The Balaban J connectivity index is 2.59. The Bertz CT molecular complexity index is 605. The topological polar surface area (TPSA) is 101 Å². The van der Waals surface area contributed by atoms with Gasteiger partial charge in [-0.05, 0) is 19.1 Å². The summed E-state index contributed by atoms with van der Waals surface area (Å²) in [6.07, 6.45) is 0. The van der Waals surface area contributed by atoms with Crippen molar-refractivity contribution in [2.75, 3.05) is 12.8 Å². The number of aromatic nitrogens is 2. The minimum Gasteiger partial charge on any atom is -0.495 e. The molecule has 4 N–H and O–H groups in total. The van der Waals surface area contributed by atoms with Gasteiger partial charge in [-0.2, -0.15) is 5.10 Å². The third-order valence-corrected chi connectivity index (χ3v) is 2.67. The second kappa shape index (κ2) is 4.40. The van der Waals surface area contributed by atoms with Crippen molar-refractivity contribution < 1.29 is 14.6 Å². The van der Waals surface area contributed by atoms with Crippen molar-refractivity contribution in [2.24, 2.45) is 0 Å². The zero-order valence-electron chi connectivity index (χ0n) is 10.0. The van der Waals surface area contributed by atoms with Crippen LogP contribution in [0.2, 0.25) is 0 Å². The summed E-state index contributed by atoms with van der Waals surface area (Å²) < 4.78 is 5.10. The Hall–Kier alpha value is -2.50. The zero-order chi connectivity index (χ0) is 13.3. The molecule has 0 aliphatic carbocycles. The van der Waals surface area contributed by atoms with Crippen LogP contribution >= 0.6 is 0 Å². The van der Waals surface area contributed by atoms with E-state index >= 15 is 0 Å². The highest BCUT2D eigenvalue weighted by molar-refractivity contribution is 5.96. The number of benzene rings is 1. The van der Waals surface area contributed by atoms with Gasteiger partial charge in [-0.25, -0.2) is 4.79 Å². The number of aromatic amines is 1. The quantitative estimate of drug-likeness (QED) is 0.716. The molecule has 1 aromatic carbocycles. The van der Waals surface area contributed by atoms with Crippen molar-refractivity contribution >= 4 is 11.7 Å². The smallest absolute Gasteiger partial charge is 0.339 e. The number of methoxy groups -OCH3 is 1. The van der Waals surface area contributed by atoms with Crippen LogP contribution in [0, 0.1) is 6.92 Å². The molecule has 94 valence electrons. The van der Waals surface area contributed by atoms with E-state index in [9.17, 15) is 4.79 Å². The van der Waals surface area contributed by atoms with Crippen LogP contribution in [0.25, 0.3) is 11.3 Å². The number of carbonyl (C=O) groups is 1. The van der Waals surface area contributed by atoms with Gasteiger partial charge in [0.15, 0.2) is 0 Å². The van der Waals surface area contributed by atoms with Crippen LogP contribution in [-0.2, 0) is 0 Å². The fraction of sp³-hybridized carbons (Fsp3) is 0.167. The molecule has 6 nitrogen and oxygen atoms in total. The number of nitrogens with zero attached hydrogens (tertiary/aromatic N) is 1. The molecule has 0 saturated heterocycles. The van der Waals surface area contributed by atoms with Gasteiger partial charge in [0.05, 0.1) is 12.8 Å². The monoisotopic (exact) mass is 247 g/mol. The molecular weight excluding hydrogens is 234 g/mol. The highest BCUT2D eigenvalue weighted by Gasteiger charge is 2.19. The molecule has 0 atom stereocenters. The van der Waals surface area contributed by atoms with E-state index in [0.717, 1.165) is 0 Å². The number of hydrogen-bond acceptors (Lipinski definition) is 4. The highest BCUT2D eigenvalue weighted by atomic mass is 16.5. The van der Waals surface area contributed by atoms with Crippen LogP contribution in [0.1, 0.15) is 16.1 Å². The number of aromatic carboxylic acids is 1. The van der Waals surface area contributed by atoms with Crippen LogP contribution in [0.4, 0.5) is 5.69 Å². The SMILES string of the molecule is COc1cc(-c2n[nH]c(C)c2C(=O)O)ccc1N. The maximum absolute atomic E-state index is 11.2. The second-order valence-electron chi connectivity index (χ2n) is 3.83. The van der Waals surface area contributed by atoms with E-state index in [1.54, 1.807) is 25.1 Å². The third kappa shape index (κ3) is 1.88. The lowest BCUT2D eigenvalue weighted by Gasteiger charge is -2.06. The lowest BCUT2D eigenvalue weighted by atomic mass is 10.1. The van der Waals surface area contributed by atoms with Gasteiger partial charge >= 0.3 is 5.97 Å². The van der Waals surface area contributed by atoms with E-state index in [2.05, 4.69) is 10.2 Å². The first kappa shape index (κ1) is 12.0. The summed E-state index contributed by atoms with van der Waals surface area (Å²) >= 11 is 0.